The third-order valence-corrected chi connectivity index (χ3v) is 6.95. The van der Waals surface area contributed by atoms with Gasteiger partial charge in [0, 0.05) is 45.1 Å². The number of carbonyl (C=O) groups is 2. The van der Waals surface area contributed by atoms with Gasteiger partial charge in [0.2, 0.25) is 0 Å². The predicted molar refractivity (Wildman–Crippen MR) is 136 cm³/mol. The molecule has 3 aromatic rings. The highest BCUT2D eigenvalue weighted by atomic mass is 19.1. The zero-order valence-corrected chi connectivity index (χ0v) is 20.3. The number of hydroxylamine groups is 1. The molecule has 3 aromatic carbocycles. The van der Waals surface area contributed by atoms with Gasteiger partial charge < -0.3 is 4.74 Å². The van der Waals surface area contributed by atoms with Gasteiger partial charge in [-0.05, 0) is 47.0 Å². The van der Waals surface area contributed by atoms with Gasteiger partial charge in [-0.3, -0.25) is 24.6 Å². The number of carbonyl (C=O) groups excluding carboxylic acids is 2. The van der Waals surface area contributed by atoms with E-state index in [4.69, 9.17) is 9.94 Å². The normalized spacial score (nSPS) is 17.0. The number of likely N-dealkylation sites (tertiary alicyclic amines) is 1. The largest absolute Gasteiger partial charge is 0.467 e. The zero-order chi connectivity index (χ0) is 25.8. The molecule has 0 unspecified atom stereocenters. The molecule has 8 heteroatoms. The van der Waals surface area contributed by atoms with Crippen molar-refractivity contribution in [2.45, 2.75) is 31.7 Å². The van der Waals surface area contributed by atoms with E-state index in [0.29, 0.717) is 42.8 Å². The van der Waals surface area contributed by atoms with Crippen LogP contribution in [0.3, 0.4) is 0 Å². The van der Waals surface area contributed by atoms with Gasteiger partial charge in [-0.2, -0.15) is 0 Å². The molecule has 1 fully saturated rings. The molecule has 5 rings (SSSR count). The van der Waals surface area contributed by atoms with Crippen molar-refractivity contribution in [1.29, 1.82) is 0 Å². The maximum absolute atomic E-state index is 13.9. The summed E-state index contributed by atoms with van der Waals surface area (Å²) in [6.07, 6.45) is 3.98. The van der Waals surface area contributed by atoms with E-state index in [9.17, 15) is 14.0 Å². The van der Waals surface area contributed by atoms with Gasteiger partial charge in [-0.1, -0.05) is 48.5 Å². The minimum absolute atomic E-state index is 0.126. The summed E-state index contributed by atoms with van der Waals surface area (Å²) in [7, 11) is 0. The van der Waals surface area contributed by atoms with E-state index in [1.807, 2.05) is 35.2 Å². The lowest BCUT2D eigenvalue weighted by atomic mass is 9.93. The average Bonchev–Trinajstić information content (AvgIpc) is 2.93. The van der Waals surface area contributed by atoms with Crippen molar-refractivity contribution in [2.24, 2.45) is 0 Å². The van der Waals surface area contributed by atoms with Crippen LogP contribution in [0.2, 0.25) is 0 Å². The molecule has 0 aliphatic carbocycles. The van der Waals surface area contributed by atoms with Gasteiger partial charge in [0.15, 0.2) is 5.72 Å². The summed E-state index contributed by atoms with van der Waals surface area (Å²) in [6.45, 7) is 2.56. The summed E-state index contributed by atoms with van der Waals surface area (Å²) >= 11 is 0. The molecule has 0 saturated carbocycles. The molecule has 1 spiro atoms. The number of rotatable bonds is 6. The monoisotopic (exact) mass is 501 g/mol. The lowest BCUT2D eigenvalue weighted by Gasteiger charge is -2.51. The van der Waals surface area contributed by atoms with E-state index in [2.05, 4.69) is 4.90 Å². The van der Waals surface area contributed by atoms with Crippen LogP contribution < -0.4 is 10.2 Å². The Hall–Kier alpha value is -4.01. The number of benzene rings is 3. The van der Waals surface area contributed by atoms with Crippen molar-refractivity contribution in [2.75, 3.05) is 13.1 Å². The van der Waals surface area contributed by atoms with Crippen LogP contribution in [0, 0.1) is 5.82 Å². The first kappa shape index (κ1) is 24.7. The Bertz CT molecular complexity index is 1300. The standard InChI is InChI=1S/C29H28FN3O4/c30-24-10-6-23(7-11-24)19-32-16-14-29(15-17-32)33(20-22-4-2-1-3-5-22)28(35)25-18-21(8-12-26(25)37-29)9-13-27(34)31-36/h1-13,18,36H,14-17,19-20H2,(H,31,34)/b13-9+. The van der Waals surface area contributed by atoms with E-state index in [1.165, 1.54) is 24.3 Å². The number of halogens is 1. The summed E-state index contributed by atoms with van der Waals surface area (Å²) in [5.74, 6) is -0.512. The fourth-order valence-electron chi connectivity index (χ4n) is 4.97. The molecule has 2 N–H and O–H groups in total. The summed E-state index contributed by atoms with van der Waals surface area (Å²) in [5.41, 5.74) is 3.89. The van der Waals surface area contributed by atoms with Crippen LogP contribution >= 0.6 is 0 Å². The third-order valence-electron chi connectivity index (χ3n) is 6.95. The number of fused-ring (bicyclic) bond motifs is 1. The first-order chi connectivity index (χ1) is 18.0. The number of amides is 2. The molecule has 0 bridgehead atoms. The highest BCUT2D eigenvalue weighted by molar-refractivity contribution is 5.99. The first-order valence-electron chi connectivity index (χ1n) is 12.2. The maximum Gasteiger partial charge on any atom is 0.267 e. The lowest BCUT2D eigenvalue weighted by molar-refractivity contribution is -0.124. The van der Waals surface area contributed by atoms with E-state index in [1.54, 1.807) is 35.8 Å². The second-order valence-electron chi connectivity index (χ2n) is 9.39. The number of nitrogens with one attached hydrogen (secondary N) is 1. The molecule has 7 nitrogen and oxygen atoms in total. The molecule has 0 radical (unpaired) electrons. The fourth-order valence-corrected chi connectivity index (χ4v) is 4.97. The van der Waals surface area contributed by atoms with Crippen molar-refractivity contribution >= 4 is 17.9 Å². The van der Waals surface area contributed by atoms with Crippen LogP contribution in [0.1, 0.15) is 39.9 Å². The summed E-state index contributed by atoms with van der Waals surface area (Å²) < 4.78 is 19.9. The van der Waals surface area contributed by atoms with Crippen LogP contribution in [-0.2, 0) is 17.9 Å². The van der Waals surface area contributed by atoms with Crippen LogP contribution in [0.25, 0.3) is 6.08 Å². The van der Waals surface area contributed by atoms with Gasteiger partial charge >= 0.3 is 0 Å². The third kappa shape index (κ3) is 5.40. The highest BCUT2D eigenvalue weighted by Gasteiger charge is 2.48. The van der Waals surface area contributed by atoms with E-state index in [-0.39, 0.29) is 11.7 Å². The Morgan fingerprint density at radius 1 is 1.00 bits per heavy atom. The van der Waals surface area contributed by atoms with Crippen LogP contribution in [0.4, 0.5) is 4.39 Å². The number of hydrogen-bond acceptors (Lipinski definition) is 5. The number of ether oxygens (including phenoxy) is 1. The first-order valence-corrected chi connectivity index (χ1v) is 12.2. The van der Waals surface area contributed by atoms with E-state index >= 15 is 0 Å². The quantitative estimate of drug-likeness (QED) is 0.298. The van der Waals surface area contributed by atoms with Crippen LogP contribution in [0.5, 0.6) is 5.75 Å². The number of hydrogen-bond donors (Lipinski definition) is 2. The minimum Gasteiger partial charge on any atom is -0.467 e. The second-order valence-corrected chi connectivity index (χ2v) is 9.39. The molecule has 1 saturated heterocycles. The van der Waals surface area contributed by atoms with Gasteiger partial charge in [-0.25, -0.2) is 9.87 Å². The van der Waals surface area contributed by atoms with Gasteiger partial charge in [0.05, 0.1) is 5.56 Å². The molecule has 2 heterocycles. The zero-order valence-electron chi connectivity index (χ0n) is 20.3. The molecule has 2 aliphatic heterocycles. The number of nitrogens with zero attached hydrogens (tertiary/aromatic N) is 2. The smallest absolute Gasteiger partial charge is 0.267 e. The summed E-state index contributed by atoms with van der Waals surface area (Å²) in [6, 6.07) is 21.6. The Labute approximate surface area is 214 Å². The Morgan fingerprint density at radius 2 is 1.70 bits per heavy atom. The minimum atomic E-state index is -0.784. The van der Waals surface area contributed by atoms with Gasteiger partial charge in [-0.15, -0.1) is 0 Å². The Kier molecular flexibility index (Phi) is 7.03. The summed E-state index contributed by atoms with van der Waals surface area (Å²) in [4.78, 5) is 29.4. The highest BCUT2D eigenvalue weighted by Crippen LogP contribution is 2.41. The molecule has 2 amide bonds. The number of piperidine rings is 1. The van der Waals surface area contributed by atoms with Crippen molar-refractivity contribution in [3.05, 3.63) is 107 Å². The second kappa shape index (κ2) is 10.5. The Morgan fingerprint density at radius 3 is 2.41 bits per heavy atom. The predicted octanol–water partition coefficient (Wildman–Crippen LogP) is 4.37. The van der Waals surface area contributed by atoms with Crippen LogP contribution in [0.15, 0.2) is 78.9 Å². The topological polar surface area (TPSA) is 82.1 Å². The van der Waals surface area contributed by atoms with E-state index in [0.717, 1.165) is 24.2 Å². The Balaban J connectivity index is 1.41. The van der Waals surface area contributed by atoms with Gasteiger partial charge in [0.25, 0.3) is 11.8 Å². The van der Waals surface area contributed by atoms with Crippen molar-refractivity contribution < 1.29 is 23.9 Å². The molecule has 190 valence electrons. The average molecular weight is 502 g/mol. The molecular weight excluding hydrogens is 473 g/mol. The molecule has 0 aromatic heterocycles. The molecular formula is C29H28FN3O4. The molecule has 0 atom stereocenters. The molecule has 2 aliphatic rings. The summed E-state index contributed by atoms with van der Waals surface area (Å²) in [5, 5.41) is 8.72. The van der Waals surface area contributed by atoms with Crippen molar-refractivity contribution in [3.63, 3.8) is 0 Å². The van der Waals surface area contributed by atoms with Crippen molar-refractivity contribution in [1.82, 2.24) is 15.3 Å². The maximum atomic E-state index is 13.9. The molecule has 37 heavy (non-hydrogen) atoms. The SMILES string of the molecule is O=C(/C=C/c1ccc2c(c1)C(=O)N(Cc1ccccc1)C1(CCN(Cc3ccc(F)cc3)CC1)O2)NO. The lowest BCUT2D eigenvalue weighted by Crippen LogP contribution is -2.62. The van der Waals surface area contributed by atoms with E-state index < -0.39 is 11.6 Å². The fraction of sp³-hybridized carbons (Fsp3) is 0.241. The van der Waals surface area contributed by atoms with Gasteiger partial charge in [0.1, 0.15) is 11.6 Å². The van der Waals surface area contributed by atoms with Crippen LogP contribution in [-0.4, -0.2) is 45.6 Å². The van der Waals surface area contributed by atoms with Crippen molar-refractivity contribution in [3.8, 4) is 5.75 Å².